The molecule has 2 rings (SSSR count). The van der Waals surface area contributed by atoms with Crippen LogP contribution in [0.1, 0.15) is 58.3 Å². The Hall–Kier alpha value is -0.0800. The summed E-state index contributed by atoms with van der Waals surface area (Å²) in [6, 6.07) is 1.54. The molecule has 94 valence electrons. The van der Waals surface area contributed by atoms with Gasteiger partial charge in [-0.05, 0) is 38.1 Å². The van der Waals surface area contributed by atoms with Crippen molar-refractivity contribution in [2.24, 2.45) is 11.7 Å². The second-order valence-corrected chi connectivity index (χ2v) is 5.72. The first-order valence-corrected chi connectivity index (χ1v) is 7.31. The van der Waals surface area contributed by atoms with Gasteiger partial charge in [0.05, 0.1) is 0 Å². The molecule has 0 aromatic rings. The summed E-state index contributed by atoms with van der Waals surface area (Å²) in [5, 5.41) is 0. The number of nitrogens with two attached hydrogens (primary N) is 1. The average Bonchev–Trinajstić information content (AvgIpc) is 2.38. The molecule has 0 amide bonds. The highest BCUT2D eigenvalue weighted by molar-refractivity contribution is 4.87. The third-order valence-corrected chi connectivity index (χ3v) is 4.75. The van der Waals surface area contributed by atoms with E-state index in [0.29, 0.717) is 6.04 Å². The van der Waals surface area contributed by atoms with Crippen molar-refractivity contribution < 1.29 is 0 Å². The van der Waals surface area contributed by atoms with Crippen molar-refractivity contribution in [1.82, 2.24) is 4.90 Å². The zero-order valence-corrected chi connectivity index (χ0v) is 10.8. The number of rotatable bonds is 3. The van der Waals surface area contributed by atoms with Crippen molar-refractivity contribution >= 4 is 0 Å². The molecule has 2 N–H and O–H groups in total. The van der Waals surface area contributed by atoms with Crippen molar-refractivity contribution in [2.75, 3.05) is 13.1 Å². The fourth-order valence-corrected chi connectivity index (χ4v) is 3.69. The largest absolute Gasteiger partial charge is 0.329 e. The topological polar surface area (TPSA) is 29.3 Å². The van der Waals surface area contributed by atoms with Crippen molar-refractivity contribution in [1.29, 1.82) is 0 Å². The van der Waals surface area contributed by atoms with E-state index in [4.69, 9.17) is 5.73 Å². The van der Waals surface area contributed by atoms with E-state index in [1.165, 1.54) is 57.9 Å². The predicted octanol–water partition coefficient (Wildman–Crippen LogP) is 2.77. The minimum Gasteiger partial charge on any atom is -0.329 e. The van der Waals surface area contributed by atoms with Gasteiger partial charge in [0.15, 0.2) is 0 Å². The molecular weight excluding hydrogens is 196 g/mol. The average molecular weight is 224 g/mol. The second-order valence-electron chi connectivity index (χ2n) is 5.72. The van der Waals surface area contributed by atoms with Gasteiger partial charge in [0, 0.05) is 18.6 Å². The highest BCUT2D eigenvalue weighted by Crippen LogP contribution is 2.32. The van der Waals surface area contributed by atoms with Gasteiger partial charge in [0.1, 0.15) is 0 Å². The van der Waals surface area contributed by atoms with Crippen LogP contribution < -0.4 is 5.73 Å². The van der Waals surface area contributed by atoms with Crippen LogP contribution in [0.4, 0.5) is 0 Å². The maximum absolute atomic E-state index is 5.93. The zero-order chi connectivity index (χ0) is 11.4. The molecule has 1 saturated carbocycles. The fraction of sp³-hybridized carbons (Fsp3) is 1.00. The number of nitrogens with zero attached hydrogens (tertiary/aromatic N) is 1. The smallest absolute Gasteiger partial charge is 0.0221 e. The summed E-state index contributed by atoms with van der Waals surface area (Å²) in [7, 11) is 0. The monoisotopic (exact) mass is 224 g/mol. The van der Waals surface area contributed by atoms with Gasteiger partial charge >= 0.3 is 0 Å². The van der Waals surface area contributed by atoms with E-state index >= 15 is 0 Å². The van der Waals surface area contributed by atoms with E-state index in [9.17, 15) is 0 Å². The maximum atomic E-state index is 5.93. The molecule has 16 heavy (non-hydrogen) atoms. The molecule has 0 spiro atoms. The Morgan fingerprint density at radius 2 is 2.00 bits per heavy atom. The normalized spacial score (nSPS) is 37.5. The van der Waals surface area contributed by atoms with Crippen molar-refractivity contribution in [3.05, 3.63) is 0 Å². The second kappa shape index (κ2) is 6.02. The van der Waals surface area contributed by atoms with Crippen LogP contribution in [-0.2, 0) is 0 Å². The van der Waals surface area contributed by atoms with Gasteiger partial charge in [-0.15, -0.1) is 0 Å². The summed E-state index contributed by atoms with van der Waals surface area (Å²) in [5.41, 5.74) is 5.93. The first-order valence-electron chi connectivity index (χ1n) is 7.31. The lowest BCUT2D eigenvalue weighted by Gasteiger charge is -2.44. The molecular formula is C14H28N2. The summed E-state index contributed by atoms with van der Waals surface area (Å²) in [6.45, 7) is 4.53. The molecule has 0 aromatic carbocycles. The number of hydrogen-bond acceptors (Lipinski definition) is 2. The Kier molecular flexibility index (Phi) is 4.66. The van der Waals surface area contributed by atoms with E-state index in [-0.39, 0.29) is 0 Å². The summed E-state index contributed by atoms with van der Waals surface area (Å²) in [5.74, 6) is 0.985. The van der Waals surface area contributed by atoms with Crippen LogP contribution in [0.25, 0.3) is 0 Å². The molecule has 2 fully saturated rings. The Balaban J connectivity index is 1.93. The van der Waals surface area contributed by atoms with Gasteiger partial charge in [0.2, 0.25) is 0 Å². The van der Waals surface area contributed by atoms with Gasteiger partial charge in [-0.3, -0.25) is 4.90 Å². The van der Waals surface area contributed by atoms with E-state index in [1.54, 1.807) is 0 Å². The molecule has 2 nitrogen and oxygen atoms in total. The van der Waals surface area contributed by atoms with Gasteiger partial charge in [0.25, 0.3) is 0 Å². The van der Waals surface area contributed by atoms with Gasteiger partial charge < -0.3 is 5.73 Å². The summed E-state index contributed by atoms with van der Waals surface area (Å²) >= 11 is 0. The van der Waals surface area contributed by atoms with Crippen molar-refractivity contribution in [2.45, 2.75) is 70.4 Å². The van der Waals surface area contributed by atoms with Crippen LogP contribution in [0, 0.1) is 5.92 Å². The molecule has 1 saturated heterocycles. The number of hydrogen-bond donors (Lipinski definition) is 1. The SMILES string of the molecule is CCC1CCCC(N2CCCCC2CN)C1. The van der Waals surface area contributed by atoms with Gasteiger partial charge in [-0.25, -0.2) is 0 Å². The Labute approximate surface area is 101 Å². The molecule has 0 radical (unpaired) electrons. The minimum atomic E-state index is 0.689. The molecule has 1 aliphatic carbocycles. The minimum absolute atomic E-state index is 0.689. The maximum Gasteiger partial charge on any atom is 0.0221 e. The molecule has 0 bridgehead atoms. The highest BCUT2D eigenvalue weighted by Gasteiger charge is 2.31. The standard InChI is InChI=1S/C14H28N2/c1-2-12-6-5-8-13(10-12)16-9-4-3-7-14(16)11-15/h12-14H,2-11,15H2,1H3. The van der Waals surface area contributed by atoms with Gasteiger partial charge in [-0.2, -0.15) is 0 Å². The van der Waals surface area contributed by atoms with Crippen molar-refractivity contribution in [3.8, 4) is 0 Å². The van der Waals surface area contributed by atoms with Crippen LogP contribution in [0.2, 0.25) is 0 Å². The highest BCUT2D eigenvalue weighted by atomic mass is 15.2. The van der Waals surface area contributed by atoms with Crippen LogP contribution >= 0.6 is 0 Å². The number of piperidine rings is 1. The van der Waals surface area contributed by atoms with Crippen molar-refractivity contribution in [3.63, 3.8) is 0 Å². The Morgan fingerprint density at radius 1 is 1.12 bits per heavy atom. The lowest BCUT2D eigenvalue weighted by molar-refractivity contribution is 0.0614. The van der Waals surface area contributed by atoms with E-state index in [1.807, 2.05) is 0 Å². The van der Waals surface area contributed by atoms with Gasteiger partial charge in [-0.1, -0.05) is 32.6 Å². The lowest BCUT2D eigenvalue weighted by atomic mass is 9.82. The molecule has 2 aliphatic rings. The van der Waals surface area contributed by atoms with E-state index < -0.39 is 0 Å². The number of likely N-dealkylation sites (tertiary alicyclic amines) is 1. The fourth-order valence-electron chi connectivity index (χ4n) is 3.69. The summed E-state index contributed by atoms with van der Waals surface area (Å²) in [4.78, 5) is 2.76. The van der Waals surface area contributed by atoms with E-state index in [2.05, 4.69) is 11.8 Å². The zero-order valence-electron chi connectivity index (χ0n) is 10.8. The first kappa shape index (κ1) is 12.4. The van der Waals surface area contributed by atoms with E-state index in [0.717, 1.165) is 18.5 Å². The lowest BCUT2D eigenvalue weighted by Crippen LogP contribution is -2.50. The van der Waals surface area contributed by atoms with Crippen LogP contribution in [0.3, 0.4) is 0 Å². The Morgan fingerprint density at radius 3 is 2.75 bits per heavy atom. The van der Waals surface area contributed by atoms with Crippen LogP contribution in [-0.4, -0.2) is 30.1 Å². The third-order valence-electron chi connectivity index (χ3n) is 4.75. The Bertz CT molecular complexity index is 205. The quantitative estimate of drug-likeness (QED) is 0.798. The molecule has 1 heterocycles. The first-order chi connectivity index (χ1) is 7.85. The van der Waals surface area contributed by atoms with Crippen LogP contribution in [0.5, 0.6) is 0 Å². The third kappa shape index (κ3) is 2.78. The molecule has 0 aromatic heterocycles. The van der Waals surface area contributed by atoms with Crippen LogP contribution in [0.15, 0.2) is 0 Å². The predicted molar refractivity (Wildman–Crippen MR) is 69.4 cm³/mol. The summed E-state index contributed by atoms with van der Waals surface area (Å²) < 4.78 is 0. The molecule has 2 heteroatoms. The molecule has 3 unspecified atom stereocenters. The molecule has 1 aliphatic heterocycles. The summed E-state index contributed by atoms with van der Waals surface area (Å²) in [6.07, 6.45) is 11.3. The molecule has 3 atom stereocenters.